The molecule has 37 heavy (non-hydrogen) atoms. The highest BCUT2D eigenvalue weighted by molar-refractivity contribution is 7.90. The molecule has 0 radical (unpaired) electrons. The van der Waals surface area contributed by atoms with Crippen LogP contribution in [-0.2, 0) is 34.8 Å². The molecule has 0 spiro atoms. The van der Waals surface area contributed by atoms with Crippen molar-refractivity contribution < 1.29 is 30.0 Å². The Kier molecular flexibility index (Phi) is 8.43. The quantitative estimate of drug-likeness (QED) is 0.475. The van der Waals surface area contributed by atoms with Gasteiger partial charge in [-0.15, -0.1) is 0 Å². The van der Waals surface area contributed by atoms with Crippen LogP contribution in [0.5, 0.6) is 0 Å². The Morgan fingerprint density at radius 1 is 0.622 bits per heavy atom. The van der Waals surface area contributed by atoms with Crippen LogP contribution in [0.15, 0.2) is 63.2 Å². The first kappa shape index (κ1) is 28.1. The number of nitrogens with zero attached hydrogens (tertiary/aromatic N) is 3. The molecule has 2 saturated heterocycles. The number of sulfonamides is 3. The minimum absolute atomic E-state index is 0.000341. The third-order valence-electron chi connectivity index (χ3n) is 6.97. The van der Waals surface area contributed by atoms with Crippen molar-refractivity contribution in [2.75, 3.05) is 52.5 Å². The van der Waals surface area contributed by atoms with Gasteiger partial charge in [0.15, 0.2) is 0 Å². The van der Waals surface area contributed by atoms with E-state index in [9.17, 15) is 25.3 Å². The second-order valence-corrected chi connectivity index (χ2v) is 15.0. The van der Waals surface area contributed by atoms with Gasteiger partial charge in [-0.2, -0.15) is 12.9 Å². The molecule has 0 aromatic heterocycles. The summed E-state index contributed by atoms with van der Waals surface area (Å²) in [5.41, 5.74) is 1.07. The van der Waals surface area contributed by atoms with Gasteiger partial charge in [0.25, 0.3) is 0 Å². The zero-order valence-electron chi connectivity index (χ0n) is 21.0. The number of ether oxygens (including phenoxy) is 1. The Hall–Kier alpha value is -1.87. The van der Waals surface area contributed by atoms with Crippen LogP contribution in [0.3, 0.4) is 0 Å². The lowest BCUT2D eigenvalue weighted by molar-refractivity contribution is 0.0730. The number of rotatable bonds is 8. The summed E-state index contributed by atoms with van der Waals surface area (Å²) in [5, 5.41) is 0. The molecule has 2 fully saturated rings. The molecule has 2 aliphatic heterocycles. The molecule has 0 bridgehead atoms. The van der Waals surface area contributed by atoms with Gasteiger partial charge < -0.3 is 4.74 Å². The third-order valence-corrected chi connectivity index (χ3v) is 12.7. The normalized spacial score (nSPS) is 20.1. The molecule has 2 aromatic carbocycles. The van der Waals surface area contributed by atoms with E-state index >= 15 is 0 Å². The number of benzene rings is 2. The molecule has 0 amide bonds. The van der Waals surface area contributed by atoms with E-state index in [1.54, 1.807) is 12.1 Å². The Morgan fingerprint density at radius 3 is 1.30 bits per heavy atom. The molecule has 13 heteroatoms. The number of hydrogen-bond donors (Lipinski definition) is 0. The zero-order valence-corrected chi connectivity index (χ0v) is 23.4. The van der Waals surface area contributed by atoms with Gasteiger partial charge in [-0.05, 0) is 54.3 Å². The Labute approximate surface area is 220 Å². The van der Waals surface area contributed by atoms with E-state index in [0.29, 0.717) is 19.1 Å². The maximum Gasteiger partial charge on any atom is 0.243 e. The van der Waals surface area contributed by atoms with Crippen LogP contribution < -0.4 is 0 Å². The van der Waals surface area contributed by atoms with Gasteiger partial charge in [-0.1, -0.05) is 26.0 Å². The van der Waals surface area contributed by atoms with Crippen molar-refractivity contribution in [3.05, 3.63) is 54.1 Å². The number of piperazine rings is 1. The lowest BCUT2D eigenvalue weighted by atomic mass is 9.99. The van der Waals surface area contributed by atoms with Crippen LogP contribution in [0.4, 0.5) is 0 Å². The van der Waals surface area contributed by atoms with Crippen LogP contribution in [0.1, 0.15) is 31.7 Å². The highest BCUT2D eigenvalue weighted by Crippen LogP contribution is 2.26. The summed E-state index contributed by atoms with van der Waals surface area (Å²) in [4.78, 5) is 0.168. The molecule has 2 heterocycles. The molecule has 0 saturated carbocycles. The van der Waals surface area contributed by atoms with Crippen LogP contribution in [0.2, 0.25) is 0 Å². The van der Waals surface area contributed by atoms with Gasteiger partial charge in [-0.25, -0.2) is 25.3 Å². The predicted molar refractivity (Wildman–Crippen MR) is 139 cm³/mol. The monoisotopic (exact) mass is 571 g/mol. The van der Waals surface area contributed by atoms with Crippen molar-refractivity contribution in [2.45, 2.75) is 40.9 Å². The van der Waals surface area contributed by atoms with Gasteiger partial charge in [0.1, 0.15) is 0 Å². The topological polar surface area (TPSA) is 121 Å². The van der Waals surface area contributed by atoms with Gasteiger partial charge in [0.05, 0.1) is 27.9 Å². The SMILES string of the molecule is CCC(C)c1ccc(S(=O)(=O)N2CCN(S(=O)(=O)c3ccc(S(=O)(=O)N4CCOCC4)cc3)CC2)cc1. The lowest BCUT2D eigenvalue weighted by Gasteiger charge is -2.33. The van der Waals surface area contributed by atoms with Gasteiger partial charge in [0.2, 0.25) is 30.1 Å². The Balaban J connectivity index is 1.43. The summed E-state index contributed by atoms with van der Waals surface area (Å²) < 4.78 is 87.3. The molecule has 10 nitrogen and oxygen atoms in total. The van der Waals surface area contributed by atoms with Crippen LogP contribution >= 0.6 is 0 Å². The third kappa shape index (κ3) is 5.77. The Bertz CT molecular complexity index is 1390. The van der Waals surface area contributed by atoms with Crippen molar-refractivity contribution >= 4 is 30.1 Å². The summed E-state index contributed by atoms with van der Waals surface area (Å²) >= 11 is 0. The lowest BCUT2D eigenvalue weighted by Crippen LogP contribution is -2.50. The number of hydrogen-bond acceptors (Lipinski definition) is 7. The fraction of sp³-hybridized carbons (Fsp3) is 0.500. The van der Waals surface area contributed by atoms with Gasteiger partial charge >= 0.3 is 0 Å². The summed E-state index contributed by atoms with van der Waals surface area (Å²) in [6.45, 7) is 5.34. The second kappa shape index (κ2) is 11.1. The molecular formula is C24H33N3O7S3. The smallest absolute Gasteiger partial charge is 0.243 e. The van der Waals surface area contributed by atoms with E-state index in [2.05, 4.69) is 13.8 Å². The number of morpholine rings is 1. The average molecular weight is 572 g/mol. The molecule has 4 rings (SSSR count). The highest BCUT2D eigenvalue weighted by Gasteiger charge is 2.34. The fourth-order valence-corrected chi connectivity index (χ4v) is 8.62. The van der Waals surface area contributed by atoms with Crippen LogP contribution in [0, 0.1) is 0 Å². The van der Waals surface area contributed by atoms with Gasteiger partial charge in [0, 0.05) is 39.3 Å². The molecule has 0 aliphatic carbocycles. The first-order valence-electron chi connectivity index (χ1n) is 12.3. The molecule has 1 unspecified atom stereocenters. The van der Waals surface area contributed by atoms with Crippen molar-refractivity contribution in [1.29, 1.82) is 0 Å². The first-order chi connectivity index (χ1) is 17.5. The first-order valence-corrected chi connectivity index (χ1v) is 16.6. The largest absolute Gasteiger partial charge is 0.379 e. The Morgan fingerprint density at radius 2 is 0.946 bits per heavy atom. The minimum Gasteiger partial charge on any atom is -0.379 e. The molecular weight excluding hydrogens is 538 g/mol. The van der Waals surface area contributed by atoms with E-state index in [4.69, 9.17) is 4.74 Å². The maximum atomic E-state index is 13.2. The highest BCUT2D eigenvalue weighted by atomic mass is 32.2. The maximum absolute atomic E-state index is 13.2. The van der Waals surface area contributed by atoms with Crippen LogP contribution in [0.25, 0.3) is 0 Å². The molecule has 204 valence electrons. The minimum atomic E-state index is -3.92. The zero-order chi connectivity index (χ0) is 26.8. The molecule has 2 aromatic rings. The predicted octanol–water partition coefficient (Wildman–Crippen LogP) is 1.92. The van der Waals surface area contributed by atoms with E-state index in [-0.39, 0.29) is 54.0 Å². The van der Waals surface area contributed by atoms with Crippen molar-refractivity contribution in [3.63, 3.8) is 0 Å². The van der Waals surface area contributed by atoms with Crippen molar-refractivity contribution in [2.24, 2.45) is 0 Å². The summed E-state index contributed by atoms with van der Waals surface area (Å²) in [7, 11) is -11.4. The summed E-state index contributed by atoms with van der Waals surface area (Å²) in [6, 6.07) is 12.0. The average Bonchev–Trinajstić information content (AvgIpc) is 2.93. The van der Waals surface area contributed by atoms with Crippen molar-refractivity contribution in [3.8, 4) is 0 Å². The molecule has 1 atom stereocenters. The van der Waals surface area contributed by atoms with E-state index in [1.165, 1.54) is 37.2 Å². The summed E-state index contributed by atoms with van der Waals surface area (Å²) in [5.74, 6) is 0.332. The van der Waals surface area contributed by atoms with Crippen LogP contribution in [-0.4, -0.2) is 90.7 Å². The fourth-order valence-electron chi connectivity index (χ4n) is 4.37. The summed E-state index contributed by atoms with van der Waals surface area (Å²) in [6.07, 6.45) is 0.953. The second-order valence-electron chi connectivity index (χ2n) is 9.17. The molecule has 0 N–H and O–H groups in total. The van der Waals surface area contributed by atoms with Gasteiger partial charge in [-0.3, -0.25) is 0 Å². The van der Waals surface area contributed by atoms with E-state index < -0.39 is 30.1 Å². The molecule has 2 aliphatic rings. The van der Waals surface area contributed by atoms with E-state index in [1.807, 2.05) is 12.1 Å². The standard InChI is InChI=1S/C24H33N3O7S3/c1-3-20(2)21-4-6-22(7-5-21)35(28,29)25-12-14-26(15-13-25)36(30,31)23-8-10-24(11-9-23)37(32,33)27-16-18-34-19-17-27/h4-11,20H,3,12-19H2,1-2H3. The van der Waals surface area contributed by atoms with E-state index in [0.717, 1.165) is 12.0 Å². The van der Waals surface area contributed by atoms with Crippen molar-refractivity contribution in [1.82, 2.24) is 12.9 Å².